The Balaban J connectivity index is 1.61. The van der Waals surface area contributed by atoms with Crippen LogP contribution in [-0.2, 0) is 29.1 Å². The molecule has 0 bridgehead atoms. The molecule has 2 aliphatic rings. The normalized spacial score (nSPS) is 20.2. The van der Waals surface area contributed by atoms with Gasteiger partial charge in [0.25, 0.3) is 11.8 Å². The zero-order chi connectivity index (χ0) is 28.6. The third-order valence-corrected chi connectivity index (χ3v) is 8.94. The van der Waals surface area contributed by atoms with Gasteiger partial charge in [-0.2, -0.15) is 4.98 Å². The van der Waals surface area contributed by atoms with Crippen LogP contribution in [0.4, 0.5) is 5.13 Å². The summed E-state index contributed by atoms with van der Waals surface area (Å²) in [6.45, 7) is 0. The summed E-state index contributed by atoms with van der Waals surface area (Å²) in [6, 6.07) is -1.62. The summed E-state index contributed by atoms with van der Waals surface area (Å²) in [5.74, 6) is -5.68. The van der Waals surface area contributed by atoms with Crippen LogP contribution < -0.4 is 21.4 Å². The molecule has 18 nitrogen and oxygen atoms in total. The first-order valence-electron chi connectivity index (χ1n) is 10.4. The van der Waals surface area contributed by atoms with E-state index in [4.69, 9.17) is 10.6 Å². The maximum Gasteiger partial charge on any atom is 0.352 e. The van der Waals surface area contributed by atoms with Gasteiger partial charge in [-0.25, -0.2) is 18.2 Å². The Kier molecular flexibility index (Phi) is 7.48. The van der Waals surface area contributed by atoms with E-state index in [2.05, 4.69) is 30.4 Å². The number of nitrogens with zero attached hydrogens (tertiary/aromatic N) is 6. The van der Waals surface area contributed by atoms with Crippen molar-refractivity contribution in [2.45, 2.75) is 16.6 Å². The second kappa shape index (κ2) is 10.5. The van der Waals surface area contributed by atoms with Gasteiger partial charge in [0.05, 0.1) is 5.75 Å². The molecular formula is C18H18N8O10S3. The summed E-state index contributed by atoms with van der Waals surface area (Å²) in [5.41, 5.74) is 3.33. The second-order valence-electron chi connectivity index (χ2n) is 7.68. The molecule has 2 amide bonds. The first-order valence-corrected chi connectivity index (χ1v) is 14.0. The number of sulfone groups is 1. The number of nitrogens with two attached hydrogens (primary N) is 1. The summed E-state index contributed by atoms with van der Waals surface area (Å²) in [6.07, 6.45) is 0. The number of fused-ring (bicyclic) bond motifs is 1. The maximum absolute atomic E-state index is 13.2. The molecule has 0 radical (unpaired) electrons. The van der Waals surface area contributed by atoms with Gasteiger partial charge in [0.1, 0.15) is 31.7 Å². The number of aromatic nitrogens is 4. The maximum atomic E-state index is 13.2. The van der Waals surface area contributed by atoms with E-state index in [1.165, 1.54) is 5.38 Å². The van der Waals surface area contributed by atoms with E-state index in [-0.39, 0.29) is 33.0 Å². The fourth-order valence-electron chi connectivity index (χ4n) is 3.74. The zero-order valence-corrected chi connectivity index (χ0v) is 22.2. The molecule has 208 valence electrons. The van der Waals surface area contributed by atoms with E-state index in [1.807, 2.05) is 0 Å². The molecule has 1 saturated heterocycles. The molecule has 39 heavy (non-hydrogen) atoms. The van der Waals surface area contributed by atoms with Crippen LogP contribution in [-0.4, -0.2) is 104 Å². The van der Waals surface area contributed by atoms with Gasteiger partial charge in [0.2, 0.25) is 5.16 Å². The van der Waals surface area contributed by atoms with Crippen molar-refractivity contribution >= 4 is 61.6 Å². The van der Waals surface area contributed by atoms with Gasteiger partial charge in [-0.05, 0) is 5.57 Å². The van der Waals surface area contributed by atoms with Crippen molar-refractivity contribution in [1.29, 1.82) is 0 Å². The highest BCUT2D eigenvalue weighted by atomic mass is 32.2. The molecule has 2 atom stereocenters. The molecule has 21 heteroatoms. The van der Waals surface area contributed by atoms with Gasteiger partial charge in [0, 0.05) is 11.1 Å². The van der Waals surface area contributed by atoms with Gasteiger partial charge in [-0.3, -0.25) is 19.3 Å². The lowest BCUT2D eigenvalue weighted by Gasteiger charge is -2.49. The minimum Gasteiger partial charge on any atom is -0.488 e. The number of hydrogen-bond acceptors (Lipinski definition) is 16. The number of thiazole rings is 1. The van der Waals surface area contributed by atoms with Crippen LogP contribution in [0.5, 0.6) is 5.88 Å². The Morgan fingerprint density at radius 2 is 2.05 bits per heavy atom. The topological polar surface area (TPSA) is 259 Å². The van der Waals surface area contributed by atoms with Gasteiger partial charge < -0.3 is 30.9 Å². The summed E-state index contributed by atoms with van der Waals surface area (Å²) < 4.78 is 26.3. The summed E-state index contributed by atoms with van der Waals surface area (Å²) >= 11 is 1.69. The van der Waals surface area contributed by atoms with Crippen LogP contribution in [0.2, 0.25) is 0 Å². The molecule has 0 unspecified atom stereocenters. The van der Waals surface area contributed by atoms with Crippen molar-refractivity contribution in [1.82, 2.24) is 30.1 Å². The summed E-state index contributed by atoms with van der Waals surface area (Å²) in [4.78, 5) is 67.9. The number of nitrogens with one attached hydrogen (secondary N) is 1. The molecule has 4 heterocycles. The van der Waals surface area contributed by atoms with E-state index in [1.54, 1.807) is 0 Å². The predicted molar refractivity (Wildman–Crippen MR) is 132 cm³/mol. The Morgan fingerprint density at radius 1 is 1.33 bits per heavy atom. The van der Waals surface area contributed by atoms with E-state index < -0.39 is 61.9 Å². The van der Waals surface area contributed by atoms with E-state index in [0.29, 0.717) is 21.5 Å². The van der Waals surface area contributed by atoms with Crippen molar-refractivity contribution < 1.29 is 42.7 Å². The van der Waals surface area contributed by atoms with Gasteiger partial charge >= 0.3 is 17.4 Å². The number of β-lactam (4-membered cyclic amide) rings is 1. The van der Waals surface area contributed by atoms with Crippen molar-refractivity contribution in [2.24, 2.45) is 5.16 Å². The van der Waals surface area contributed by atoms with Gasteiger partial charge in [-0.15, -0.1) is 11.3 Å². The first-order chi connectivity index (χ1) is 18.4. The SMILES string of the molecule is CO/N=C(\C(=O)N[C@@H]1C(=O)N2C(C(=O)O)=C(CSc3nc(=O)c(O)nn3OC)CS(=O)(=O)[C@H]12)c1csc(N)n1. The highest BCUT2D eigenvalue weighted by Crippen LogP contribution is 2.38. The highest BCUT2D eigenvalue weighted by Gasteiger charge is 2.60. The van der Waals surface area contributed by atoms with E-state index in [9.17, 15) is 37.8 Å². The average molecular weight is 603 g/mol. The van der Waals surface area contributed by atoms with Crippen LogP contribution >= 0.6 is 23.1 Å². The Hall–Kier alpha value is -4.24. The average Bonchev–Trinajstić information content (AvgIpc) is 3.30. The Bertz CT molecular complexity index is 1600. The number of thioether (sulfide) groups is 1. The molecule has 0 spiro atoms. The van der Waals surface area contributed by atoms with Crippen LogP contribution in [0.15, 0.2) is 31.8 Å². The molecule has 0 aromatic carbocycles. The molecule has 2 aromatic rings. The Labute approximate surface area is 226 Å². The summed E-state index contributed by atoms with van der Waals surface area (Å²) in [7, 11) is -1.92. The lowest BCUT2D eigenvalue weighted by atomic mass is 10.0. The molecule has 2 aromatic heterocycles. The van der Waals surface area contributed by atoms with Gasteiger partial charge in [-0.1, -0.05) is 26.9 Å². The van der Waals surface area contributed by atoms with Crippen molar-refractivity contribution in [3.63, 3.8) is 0 Å². The molecule has 4 rings (SSSR count). The first kappa shape index (κ1) is 27.8. The number of rotatable bonds is 9. The molecule has 5 N–H and O–H groups in total. The van der Waals surface area contributed by atoms with Crippen molar-refractivity contribution in [3.8, 4) is 5.88 Å². The number of carbonyl (C=O) groups excluding carboxylic acids is 2. The van der Waals surface area contributed by atoms with Crippen LogP contribution in [0, 0.1) is 0 Å². The monoisotopic (exact) mass is 602 g/mol. The number of aromatic hydroxyl groups is 1. The minimum atomic E-state index is -4.23. The number of nitrogen functional groups attached to an aromatic ring is 1. The number of oxime groups is 1. The molecule has 0 aliphatic carbocycles. The molecule has 2 aliphatic heterocycles. The zero-order valence-electron chi connectivity index (χ0n) is 19.8. The third kappa shape index (κ3) is 5.09. The fourth-order valence-corrected chi connectivity index (χ4v) is 7.36. The van der Waals surface area contributed by atoms with E-state index in [0.717, 1.165) is 25.6 Å². The van der Waals surface area contributed by atoms with Gasteiger partial charge in [0.15, 0.2) is 26.1 Å². The number of aliphatic carboxylic acids is 1. The Morgan fingerprint density at radius 3 is 2.64 bits per heavy atom. The molecule has 1 fully saturated rings. The number of carboxylic acids is 1. The number of amides is 2. The predicted octanol–water partition coefficient (Wildman–Crippen LogP) is -3.00. The lowest BCUT2D eigenvalue weighted by molar-refractivity contribution is -0.150. The molecular weight excluding hydrogens is 584 g/mol. The smallest absolute Gasteiger partial charge is 0.352 e. The second-order valence-corrected chi connectivity index (χ2v) is 11.6. The van der Waals surface area contributed by atoms with Crippen LogP contribution in [0.25, 0.3) is 0 Å². The number of hydrogen-bond donors (Lipinski definition) is 4. The van der Waals surface area contributed by atoms with Crippen molar-refractivity contribution in [2.75, 3.05) is 31.5 Å². The van der Waals surface area contributed by atoms with E-state index >= 15 is 0 Å². The quantitative estimate of drug-likeness (QED) is 0.0965. The highest BCUT2D eigenvalue weighted by molar-refractivity contribution is 7.99. The minimum absolute atomic E-state index is 0.0178. The number of carbonyl (C=O) groups is 3. The fraction of sp³-hybridized carbons (Fsp3) is 0.333. The molecule has 0 saturated carbocycles. The number of anilines is 1. The lowest BCUT2D eigenvalue weighted by Crippen LogP contribution is -2.75. The standard InChI is InChI=1S/C18H18N8O10S3/c1-35-24-8(7-4-37-17(19)20-7)11(27)21-9-14(30)25-10(16(31)32)6(5-39(33,34)15(9)25)3-38-18-22-12(28)13(29)23-26(18)36-2/h4,9,15H,3,5H2,1-2H3,(H2,19,20)(H,21,27)(H,23,29)(H,31,32)/b24-8-/t9-,15-/m1/s1. The van der Waals surface area contributed by atoms with Crippen molar-refractivity contribution in [3.05, 3.63) is 32.7 Å². The number of carboxylic acid groups (broad SMARTS) is 1. The summed E-state index contributed by atoms with van der Waals surface area (Å²) in [5, 5.41) is 28.1. The van der Waals surface area contributed by atoms with Crippen LogP contribution in [0.3, 0.4) is 0 Å². The third-order valence-electron chi connectivity index (χ3n) is 5.30. The van der Waals surface area contributed by atoms with Crippen LogP contribution in [0.1, 0.15) is 5.69 Å². The largest absolute Gasteiger partial charge is 0.488 e.